The Morgan fingerprint density at radius 1 is 1.27 bits per heavy atom. The van der Waals surface area contributed by atoms with Crippen molar-refractivity contribution >= 4 is 17.5 Å². The fraction of sp³-hybridized carbons (Fsp3) is 0.389. The summed E-state index contributed by atoms with van der Waals surface area (Å²) < 4.78 is 18.6. The molecular formula is C18H22FN5O2. The van der Waals surface area contributed by atoms with E-state index < -0.39 is 0 Å². The van der Waals surface area contributed by atoms with E-state index in [0.29, 0.717) is 17.9 Å². The maximum absolute atomic E-state index is 13.3. The lowest BCUT2D eigenvalue weighted by Gasteiger charge is -2.26. The topological polar surface area (TPSA) is 79.4 Å². The molecule has 2 aromatic rings. The second kappa shape index (κ2) is 8.68. The van der Waals surface area contributed by atoms with Crippen LogP contribution in [0.15, 0.2) is 30.3 Å². The molecule has 3 rings (SSSR count). The maximum Gasteiger partial charge on any atom is 0.270 e. The van der Waals surface area contributed by atoms with Crippen LogP contribution in [0.25, 0.3) is 0 Å². The van der Waals surface area contributed by atoms with Gasteiger partial charge < -0.3 is 15.4 Å². The largest absolute Gasteiger partial charge is 0.379 e. The Balaban J connectivity index is 1.60. The summed E-state index contributed by atoms with van der Waals surface area (Å²) in [7, 11) is 0. The standard InChI is InChI=1S/C18H22FN5O2/c1-13-11-16(17(25)20-5-6-24-7-9-26-10-8-24)23-18(21-13)22-15-4-2-3-14(19)12-15/h2-4,11-12H,5-10H2,1H3,(H,20,25)(H,21,22,23). The normalized spacial score (nSPS) is 14.8. The Kier molecular flexibility index (Phi) is 6.08. The Labute approximate surface area is 151 Å². The molecule has 1 saturated heterocycles. The number of carbonyl (C=O) groups excluding carboxylic acids is 1. The van der Waals surface area contributed by atoms with Crippen molar-refractivity contribution in [3.8, 4) is 0 Å². The minimum absolute atomic E-state index is 0.258. The van der Waals surface area contributed by atoms with Crippen LogP contribution >= 0.6 is 0 Å². The molecule has 1 aromatic carbocycles. The first-order valence-electron chi connectivity index (χ1n) is 8.57. The molecule has 2 heterocycles. The smallest absolute Gasteiger partial charge is 0.270 e. The number of ether oxygens (including phenoxy) is 1. The van der Waals surface area contributed by atoms with Crippen molar-refractivity contribution in [2.24, 2.45) is 0 Å². The van der Waals surface area contributed by atoms with Crippen LogP contribution in [-0.4, -0.2) is 60.2 Å². The van der Waals surface area contributed by atoms with Crippen LogP contribution < -0.4 is 10.6 Å². The maximum atomic E-state index is 13.3. The van der Waals surface area contributed by atoms with Crippen molar-refractivity contribution < 1.29 is 13.9 Å². The molecular weight excluding hydrogens is 337 g/mol. The second-order valence-electron chi connectivity index (χ2n) is 6.06. The van der Waals surface area contributed by atoms with Gasteiger partial charge in [0.25, 0.3) is 5.91 Å². The third-order valence-electron chi connectivity index (χ3n) is 3.98. The lowest BCUT2D eigenvalue weighted by atomic mass is 10.3. The number of morpholine rings is 1. The summed E-state index contributed by atoms with van der Waals surface area (Å²) in [5.41, 5.74) is 1.45. The molecule has 1 fully saturated rings. The first-order chi connectivity index (χ1) is 12.6. The molecule has 1 aliphatic rings. The number of halogens is 1. The van der Waals surface area contributed by atoms with Gasteiger partial charge in [-0.15, -0.1) is 0 Å². The van der Waals surface area contributed by atoms with E-state index in [-0.39, 0.29) is 23.4 Å². The quantitative estimate of drug-likeness (QED) is 0.818. The highest BCUT2D eigenvalue weighted by molar-refractivity contribution is 5.92. The lowest BCUT2D eigenvalue weighted by Crippen LogP contribution is -2.41. The van der Waals surface area contributed by atoms with E-state index in [9.17, 15) is 9.18 Å². The fourth-order valence-electron chi connectivity index (χ4n) is 2.68. The van der Waals surface area contributed by atoms with E-state index in [1.54, 1.807) is 25.1 Å². The molecule has 0 saturated carbocycles. The minimum atomic E-state index is -0.358. The van der Waals surface area contributed by atoms with Crippen LogP contribution in [0.3, 0.4) is 0 Å². The number of carbonyl (C=O) groups is 1. The number of aryl methyl sites for hydroxylation is 1. The zero-order valence-electron chi connectivity index (χ0n) is 14.7. The van der Waals surface area contributed by atoms with E-state index in [1.165, 1.54) is 12.1 Å². The van der Waals surface area contributed by atoms with E-state index >= 15 is 0 Å². The first kappa shape index (κ1) is 18.2. The summed E-state index contributed by atoms with van der Waals surface area (Å²) in [5.74, 6) is -0.358. The molecule has 0 bridgehead atoms. The lowest BCUT2D eigenvalue weighted by molar-refractivity contribution is 0.0383. The van der Waals surface area contributed by atoms with Gasteiger partial charge in [-0.25, -0.2) is 14.4 Å². The highest BCUT2D eigenvalue weighted by Crippen LogP contribution is 2.15. The van der Waals surface area contributed by atoms with Gasteiger partial charge in [0.1, 0.15) is 11.5 Å². The van der Waals surface area contributed by atoms with Gasteiger partial charge in [0, 0.05) is 37.6 Å². The molecule has 1 aromatic heterocycles. The third kappa shape index (κ3) is 5.21. The molecule has 0 aliphatic carbocycles. The predicted molar refractivity (Wildman–Crippen MR) is 96.0 cm³/mol. The summed E-state index contributed by atoms with van der Waals surface area (Å²) in [4.78, 5) is 23.1. The zero-order chi connectivity index (χ0) is 18.4. The highest BCUT2D eigenvalue weighted by Gasteiger charge is 2.13. The SMILES string of the molecule is Cc1cc(C(=O)NCCN2CCOCC2)nc(Nc2cccc(F)c2)n1. The number of hydrogen-bond donors (Lipinski definition) is 2. The number of nitrogens with zero attached hydrogens (tertiary/aromatic N) is 3. The summed E-state index contributed by atoms with van der Waals surface area (Å²) >= 11 is 0. The first-order valence-corrected chi connectivity index (χ1v) is 8.57. The minimum Gasteiger partial charge on any atom is -0.379 e. The Morgan fingerprint density at radius 3 is 2.85 bits per heavy atom. The Bertz CT molecular complexity index is 765. The third-order valence-corrected chi connectivity index (χ3v) is 3.98. The van der Waals surface area contributed by atoms with E-state index in [4.69, 9.17) is 4.74 Å². The van der Waals surface area contributed by atoms with Gasteiger partial charge in [-0.3, -0.25) is 9.69 Å². The molecule has 1 aliphatic heterocycles. The Hall–Kier alpha value is -2.58. The average Bonchev–Trinajstić information content (AvgIpc) is 2.62. The number of amides is 1. The van der Waals surface area contributed by atoms with Gasteiger partial charge in [-0.05, 0) is 31.2 Å². The molecule has 7 nitrogen and oxygen atoms in total. The second-order valence-corrected chi connectivity index (χ2v) is 6.06. The molecule has 1 amide bonds. The van der Waals surface area contributed by atoms with Crippen LogP contribution in [0, 0.1) is 12.7 Å². The Morgan fingerprint density at radius 2 is 2.08 bits per heavy atom. The van der Waals surface area contributed by atoms with Crippen molar-refractivity contribution in [2.45, 2.75) is 6.92 Å². The van der Waals surface area contributed by atoms with Crippen LogP contribution in [0.1, 0.15) is 16.2 Å². The zero-order valence-corrected chi connectivity index (χ0v) is 14.7. The van der Waals surface area contributed by atoms with Crippen molar-refractivity contribution in [3.63, 3.8) is 0 Å². The molecule has 138 valence electrons. The van der Waals surface area contributed by atoms with Gasteiger partial charge >= 0.3 is 0 Å². The molecule has 0 spiro atoms. The molecule has 0 atom stereocenters. The van der Waals surface area contributed by atoms with Crippen molar-refractivity contribution in [3.05, 3.63) is 47.5 Å². The van der Waals surface area contributed by atoms with Gasteiger partial charge in [0.15, 0.2) is 0 Å². The van der Waals surface area contributed by atoms with Gasteiger partial charge in [-0.2, -0.15) is 0 Å². The number of benzene rings is 1. The van der Waals surface area contributed by atoms with E-state index in [2.05, 4.69) is 25.5 Å². The molecule has 8 heteroatoms. The highest BCUT2D eigenvalue weighted by atomic mass is 19.1. The predicted octanol–water partition coefficient (Wildman–Crippen LogP) is 1.73. The van der Waals surface area contributed by atoms with Crippen molar-refractivity contribution in [1.29, 1.82) is 0 Å². The van der Waals surface area contributed by atoms with Crippen LogP contribution in [-0.2, 0) is 4.74 Å². The summed E-state index contributed by atoms with van der Waals surface area (Å²) in [6, 6.07) is 7.62. The summed E-state index contributed by atoms with van der Waals surface area (Å²) in [6.07, 6.45) is 0. The molecule has 0 unspecified atom stereocenters. The fourth-order valence-corrected chi connectivity index (χ4v) is 2.68. The monoisotopic (exact) mass is 359 g/mol. The van der Waals surface area contributed by atoms with Gasteiger partial charge in [0.2, 0.25) is 5.95 Å². The number of anilines is 2. The van der Waals surface area contributed by atoms with Crippen LogP contribution in [0.5, 0.6) is 0 Å². The van der Waals surface area contributed by atoms with Crippen LogP contribution in [0.4, 0.5) is 16.0 Å². The van der Waals surface area contributed by atoms with E-state index in [0.717, 1.165) is 32.8 Å². The van der Waals surface area contributed by atoms with Gasteiger partial charge in [-0.1, -0.05) is 6.07 Å². The summed E-state index contributed by atoms with van der Waals surface area (Å²) in [5, 5.41) is 5.80. The van der Waals surface area contributed by atoms with Gasteiger partial charge in [0.05, 0.1) is 13.2 Å². The number of hydrogen-bond acceptors (Lipinski definition) is 6. The molecule has 2 N–H and O–H groups in total. The molecule has 26 heavy (non-hydrogen) atoms. The number of rotatable bonds is 6. The molecule has 0 radical (unpaired) electrons. The average molecular weight is 359 g/mol. The number of aromatic nitrogens is 2. The summed E-state index contributed by atoms with van der Waals surface area (Å²) in [6.45, 7) is 6.31. The van der Waals surface area contributed by atoms with E-state index in [1.807, 2.05) is 0 Å². The van der Waals surface area contributed by atoms with Crippen molar-refractivity contribution in [2.75, 3.05) is 44.7 Å². The number of nitrogens with one attached hydrogen (secondary N) is 2. The van der Waals surface area contributed by atoms with Crippen molar-refractivity contribution in [1.82, 2.24) is 20.2 Å². The van der Waals surface area contributed by atoms with Crippen LogP contribution in [0.2, 0.25) is 0 Å².